The number of likely N-dealkylation sites (N-methyl/N-ethyl adjacent to an activating group) is 1. The molecule has 1 unspecified atom stereocenters. The molecule has 2 aliphatic heterocycles. The van der Waals surface area contributed by atoms with E-state index in [1.165, 1.54) is 31.8 Å². The Morgan fingerprint density at radius 1 is 0.976 bits per heavy atom. The highest BCUT2D eigenvalue weighted by atomic mass is 79.9. The van der Waals surface area contributed by atoms with Crippen LogP contribution in [0.2, 0.25) is 0 Å². The van der Waals surface area contributed by atoms with Crippen molar-refractivity contribution in [2.45, 2.75) is 30.8 Å². The van der Waals surface area contributed by atoms with Gasteiger partial charge in [0.25, 0.3) is 0 Å². The van der Waals surface area contributed by atoms with Gasteiger partial charge in [0.1, 0.15) is 12.6 Å². The third kappa shape index (κ3) is 6.61. The van der Waals surface area contributed by atoms with Crippen LogP contribution in [0.1, 0.15) is 24.3 Å². The van der Waals surface area contributed by atoms with Gasteiger partial charge in [-0.2, -0.15) is 0 Å². The van der Waals surface area contributed by atoms with Gasteiger partial charge < -0.3 is 14.5 Å². The van der Waals surface area contributed by atoms with Crippen molar-refractivity contribution in [1.82, 2.24) is 14.7 Å². The van der Waals surface area contributed by atoms with Crippen LogP contribution in [0.15, 0.2) is 97.6 Å². The maximum absolute atomic E-state index is 13.9. The highest BCUT2D eigenvalue weighted by molar-refractivity contribution is 8.93. The Hall–Kier alpha value is -3.48. The average molecular weight is 651 g/mol. The lowest BCUT2D eigenvalue weighted by Crippen LogP contribution is -2.45. The number of ether oxygens (including phenoxy) is 1. The molecular weight excluding hydrogens is 613 g/mol. The lowest BCUT2D eigenvalue weighted by Gasteiger charge is -2.25. The molecule has 0 radical (unpaired) electrons. The number of likely N-dealkylation sites (tertiary alicyclic amines) is 2. The molecule has 3 aromatic carbocycles. The zero-order valence-electron chi connectivity index (χ0n) is 24.0. The van der Waals surface area contributed by atoms with Gasteiger partial charge in [-0.3, -0.25) is 14.5 Å². The molecule has 3 amide bonds. The van der Waals surface area contributed by atoms with E-state index in [2.05, 4.69) is 73.3 Å². The SMILES string of the molecule is Br.C=CCOC(=O)N1CC(N2CC[C@H](c3cccc(P(c4ccccc4)c4ccccc4)c3)C2=O)C[C@H]1C(=O)N(C)C. The van der Waals surface area contributed by atoms with Gasteiger partial charge in [0, 0.05) is 27.2 Å². The van der Waals surface area contributed by atoms with E-state index in [0.29, 0.717) is 19.4 Å². The molecule has 0 aromatic heterocycles. The van der Waals surface area contributed by atoms with Crippen molar-refractivity contribution < 1.29 is 19.1 Å². The fourth-order valence-electron chi connectivity index (χ4n) is 5.84. The van der Waals surface area contributed by atoms with Crippen LogP contribution in [0.3, 0.4) is 0 Å². The third-order valence-corrected chi connectivity index (χ3v) is 10.2. The van der Waals surface area contributed by atoms with Crippen LogP contribution in [-0.2, 0) is 14.3 Å². The van der Waals surface area contributed by atoms with Gasteiger partial charge in [-0.15, -0.1) is 17.0 Å². The van der Waals surface area contributed by atoms with Gasteiger partial charge in [0.15, 0.2) is 0 Å². The first kappa shape index (κ1) is 31.5. The number of amides is 3. The molecule has 0 N–H and O–H groups in total. The predicted octanol–water partition coefficient (Wildman–Crippen LogP) is 4.19. The molecule has 3 atom stereocenters. The molecule has 2 heterocycles. The summed E-state index contributed by atoms with van der Waals surface area (Å²) in [6.07, 6.45) is 2.03. The summed E-state index contributed by atoms with van der Waals surface area (Å²) >= 11 is 0. The third-order valence-electron chi connectivity index (χ3n) is 7.80. The average Bonchev–Trinajstić information content (AvgIpc) is 3.61. The van der Waals surface area contributed by atoms with Crippen LogP contribution >= 0.6 is 24.9 Å². The minimum atomic E-state index is -0.781. The first-order valence-electron chi connectivity index (χ1n) is 13.9. The van der Waals surface area contributed by atoms with Crippen molar-refractivity contribution >= 4 is 58.7 Å². The molecule has 0 spiro atoms. The summed E-state index contributed by atoms with van der Waals surface area (Å²) in [7, 11) is 2.57. The normalized spacial score (nSPS) is 19.9. The van der Waals surface area contributed by atoms with Gasteiger partial charge in [0.2, 0.25) is 11.8 Å². The molecular formula is C33H37BrN3O4P. The van der Waals surface area contributed by atoms with Crippen molar-refractivity contribution in [3.8, 4) is 0 Å². The maximum Gasteiger partial charge on any atom is 0.410 e. The van der Waals surface area contributed by atoms with Gasteiger partial charge >= 0.3 is 6.09 Å². The Morgan fingerprint density at radius 2 is 1.60 bits per heavy atom. The van der Waals surface area contributed by atoms with Crippen LogP contribution in [0.4, 0.5) is 4.79 Å². The monoisotopic (exact) mass is 649 g/mol. The molecule has 2 fully saturated rings. The molecule has 0 aliphatic carbocycles. The fourth-order valence-corrected chi connectivity index (χ4v) is 8.19. The second-order valence-corrected chi connectivity index (χ2v) is 12.9. The van der Waals surface area contributed by atoms with Gasteiger partial charge in [-0.25, -0.2) is 4.79 Å². The van der Waals surface area contributed by atoms with E-state index in [4.69, 9.17) is 4.74 Å². The maximum atomic E-state index is 13.9. The van der Waals surface area contributed by atoms with Crippen molar-refractivity contribution in [2.75, 3.05) is 33.8 Å². The van der Waals surface area contributed by atoms with Crippen LogP contribution in [0.5, 0.6) is 0 Å². The second kappa shape index (κ2) is 14.1. The van der Waals surface area contributed by atoms with Gasteiger partial charge in [-0.05, 0) is 48.3 Å². The van der Waals surface area contributed by atoms with E-state index < -0.39 is 20.1 Å². The number of hydrogen-bond acceptors (Lipinski definition) is 4. The van der Waals surface area contributed by atoms with Crippen LogP contribution < -0.4 is 15.9 Å². The lowest BCUT2D eigenvalue weighted by atomic mass is 9.98. The highest BCUT2D eigenvalue weighted by Crippen LogP contribution is 2.37. The molecule has 2 saturated heterocycles. The predicted molar refractivity (Wildman–Crippen MR) is 174 cm³/mol. The number of carbonyl (C=O) groups is 3. The van der Waals surface area contributed by atoms with Crippen LogP contribution in [-0.4, -0.2) is 78.5 Å². The van der Waals surface area contributed by atoms with E-state index in [1.807, 2.05) is 23.1 Å². The minimum absolute atomic E-state index is 0. The summed E-state index contributed by atoms with van der Waals surface area (Å²) in [6.45, 7) is 4.52. The molecule has 42 heavy (non-hydrogen) atoms. The first-order valence-corrected chi connectivity index (χ1v) is 15.3. The number of carbonyl (C=O) groups excluding carboxylic acids is 3. The first-order chi connectivity index (χ1) is 19.9. The van der Waals surface area contributed by atoms with Crippen LogP contribution in [0.25, 0.3) is 0 Å². The zero-order valence-corrected chi connectivity index (χ0v) is 26.6. The lowest BCUT2D eigenvalue weighted by molar-refractivity contribution is -0.133. The summed E-state index contributed by atoms with van der Waals surface area (Å²) in [4.78, 5) is 44.4. The Kier molecular flexibility index (Phi) is 10.6. The van der Waals surface area contributed by atoms with E-state index in [0.717, 1.165) is 5.56 Å². The summed E-state index contributed by atoms with van der Waals surface area (Å²) in [5.41, 5.74) is 1.01. The summed E-state index contributed by atoms with van der Waals surface area (Å²) in [5, 5.41) is 3.72. The number of benzene rings is 3. The smallest absolute Gasteiger partial charge is 0.410 e. The summed E-state index contributed by atoms with van der Waals surface area (Å²) in [6, 6.07) is 28.6. The Bertz CT molecular complexity index is 1370. The van der Waals surface area contributed by atoms with Crippen molar-refractivity contribution in [3.63, 3.8) is 0 Å². The van der Waals surface area contributed by atoms with Crippen molar-refractivity contribution in [2.24, 2.45) is 0 Å². The topological polar surface area (TPSA) is 70.2 Å². The molecule has 0 bridgehead atoms. The number of rotatable bonds is 8. The molecule has 9 heteroatoms. The Labute approximate surface area is 259 Å². The largest absolute Gasteiger partial charge is 0.445 e. The van der Waals surface area contributed by atoms with E-state index in [-0.39, 0.29) is 53.9 Å². The van der Waals surface area contributed by atoms with E-state index in [1.54, 1.807) is 14.1 Å². The van der Waals surface area contributed by atoms with Gasteiger partial charge in [-0.1, -0.05) is 91.5 Å². The number of nitrogens with zero attached hydrogens (tertiary/aromatic N) is 3. The zero-order chi connectivity index (χ0) is 28.9. The summed E-state index contributed by atoms with van der Waals surface area (Å²) < 4.78 is 5.27. The molecule has 2 aliphatic rings. The quantitative estimate of drug-likeness (QED) is 0.271. The molecule has 3 aromatic rings. The van der Waals surface area contributed by atoms with Crippen LogP contribution in [0, 0.1) is 0 Å². The fraction of sp³-hybridized carbons (Fsp3) is 0.303. The molecule has 5 rings (SSSR count). The minimum Gasteiger partial charge on any atom is -0.445 e. The Morgan fingerprint density at radius 3 is 2.19 bits per heavy atom. The van der Waals surface area contributed by atoms with Crippen molar-refractivity contribution in [1.29, 1.82) is 0 Å². The van der Waals surface area contributed by atoms with Crippen molar-refractivity contribution in [3.05, 3.63) is 103 Å². The summed E-state index contributed by atoms with van der Waals surface area (Å²) in [5.74, 6) is -0.384. The van der Waals surface area contributed by atoms with Gasteiger partial charge in [0.05, 0.1) is 12.0 Å². The van der Waals surface area contributed by atoms with E-state index >= 15 is 0 Å². The molecule has 220 valence electrons. The highest BCUT2D eigenvalue weighted by Gasteiger charge is 2.47. The molecule has 0 saturated carbocycles. The molecule has 7 nitrogen and oxygen atoms in total. The number of hydrogen-bond donors (Lipinski definition) is 0. The Balaban J connectivity index is 0.00000405. The second-order valence-electron chi connectivity index (χ2n) is 10.6. The standard InChI is InChI=1S/C33H36N3O4P.BrH/c1-4-20-40-33(39)36-23-25(22-30(36)32(38)34(2)3)35-19-18-29(31(35)37)24-12-11-17-28(21-24)41(26-13-7-5-8-14-26)27-15-9-6-10-16-27;/h4-17,21,25,29-30H,1,18-20,22-23H2,2-3H3;1H/t25?,29-,30+;/m1./s1. The van der Waals surface area contributed by atoms with E-state index in [9.17, 15) is 14.4 Å². The number of halogens is 1.